The van der Waals surface area contributed by atoms with Gasteiger partial charge in [0, 0.05) is 23.1 Å². The van der Waals surface area contributed by atoms with Crippen LogP contribution in [0.15, 0.2) is 24.5 Å². The van der Waals surface area contributed by atoms with Gasteiger partial charge in [0.1, 0.15) is 40.7 Å². The first kappa shape index (κ1) is 33.6. The third-order valence-corrected chi connectivity index (χ3v) is 9.91. The Hall–Kier alpha value is -4.86. The molecule has 3 aliphatic rings. The molecule has 6 heterocycles. The number of halogens is 5. The Morgan fingerprint density at radius 1 is 1.12 bits per heavy atom. The number of hydrogen-bond acceptors (Lipinski definition) is 10. The number of hydrogen-bond donors (Lipinski definition) is 2. The molecule has 1 spiro atoms. The van der Waals surface area contributed by atoms with Crippen molar-refractivity contribution in [2.24, 2.45) is 5.41 Å². The molecule has 2 fully saturated rings. The highest BCUT2D eigenvalue weighted by Crippen LogP contribution is 2.52. The zero-order valence-corrected chi connectivity index (χ0v) is 28.1. The molecular weight excluding hydrogens is 661 g/mol. The topological polar surface area (TPSA) is 131 Å². The van der Waals surface area contributed by atoms with E-state index in [0.717, 1.165) is 11.6 Å². The molecule has 1 unspecified atom stereocenters. The SMILES string of the molecule is CN1CCC2(CC2)C1.COc1nc2c3c(nc(-c4c(C(F)(F)F)c(C)cc5[nH]ncc45)c(F)c3n1)OC[C@H](C)N2C(C)c1cc(F)cnc1N. The second-order valence-electron chi connectivity index (χ2n) is 13.5. The summed E-state index contributed by atoms with van der Waals surface area (Å²) in [6.45, 7) is 7.46. The molecule has 0 radical (unpaired) electrons. The number of nitrogens with zero attached hydrogens (tertiary/aromatic N) is 7. The Morgan fingerprint density at radius 3 is 2.52 bits per heavy atom. The number of aromatic amines is 1. The quantitative estimate of drug-likeness (QED) is 0.198. The Labute approximate surface area is 284 Å². The van der Waals surface area contributed by atoms with Crippen LogP contribution in [0.1, 0.15) is 55.8 Å². The summed E-state index contributed by atoms with van der Waals surface area (Å²) in [5, 5.41) is 6.52. The molecule has 3 N–H and O–H groups in total. The summed E-state index contributed by atoms with van der Waals surface area (Å²) in [6, 6.07) is 1.11. The first-order valence-corrected chi connectivity index (χ1v) is 16.2. The van der Waals surface area contributed by atoms with Crippen molar-refractivity contribution in [1.29, 1.82) is 0 Å². The van der Waals surface area contributed by atoms with Gasteiger partial charge in [0.05, 0.1) is 42.7 Å². The number of fused-ring (bicyclic) bond motifs is 1. The number of methoxy groups -OCH3 is 1. The molecule has 8 rings (SSSR count). The van der Waals surface area contributed by atoms with Gasteiger partial charge < -0.3 is 25.0 Å². The van der Waals surface area contributed by atoms with Gasteiger partial charge >= 0.3 is 12.2 Å². The van der Waals surface area contributed by atoms with Crippen molar-refractivity contribution in [3.05, 3.63) is 52.9 Å². The van der Waals surface area contributed by atoms with E-state index in [4.69, 9.17) is 15.2 Å². The number of rotatable bonds is 4. The molecule has 1 saturated carbocycles. The smallest absolute Gasteiger partial charge is 0.417 e. The van der Waals surface area contributed by atoms with Crippen LogP contribution in [0.25, 0.3) is 33.1 Å². The first-order valence-electron chi connectivity index (χ1n) is 16.2. The number of likely N-dealkylation sites (tertiary alicyclic amines) is 1. The maximum Gasteiger partial charge on any atom is 0.417 e. The van der Waals surface area contributed by atoms with Crippen LogP contribution in [-0.2, 0) is 6.18 Å². The van der Waals surface area contributed by atoms with Gasteiger partial charge in [0.2, 0.25) is 5.88 Å². The van der Waals surface area contributed by atoms with Gasteiger partial charge in [0.25, 0.3) is 0 Å². The molecule has 4 aromatic heterocycles. The van der Waals surface area contributed by atoms with Gasteiger partial charge in [-0.2, -0.15) is 28.2 Å². The zero-order chi connectivity index (χ0) is 35.7. The van der Waals surface area contributed by atoms with Crippen molar-refractivity contribution in [2.75, 3.05) is 44.5 Å². The van der Waals surface area contributed by atoms with Gasteiger partial charge in [-0.15, -0.1) is 0 Å². The van der Waals surface area contributed by atoms with Crippen molar-refractivity contribution in [1.82, 2.24) is 35.0 Å². The third-order valence-electron chi connectivity index (χ3n) is 9.91. The molecule has 11 nitrogen and oxygen atoms in total. The van der Waals surface area contributed by atoms with Crippen LogP contribution >= 0.6 is 0 Å². The Balaban J connectivity index is 0.000000426. The highest BCUT2D eigenvalue weighted by atomic mass is 19.4. The molecule has 5 aromatic rings. The number of nitrogen functional groups attached to an aromatic ring is 1. The number of anilines is 2. The number of nitrogens with two attached hydrogens (primary N) is 1. The monoisotopic (exact) mass is 697 g/mol. The van der Waals surface area contributed by atoms with E-state index in [-0.39, 0.29) is 57.5 Å². The van der Waals surface area contributed by atoms with Gasteiger partial charge in [-0.05, 0) is 76.7 Å². The predicted molar refractivity (Wildman–Crippen MR) is 177 cm³/mol. The summed E-state index contributed by atoms with van der Waals surface area (Å²) in [6.07, 6.45) is 1.81. The van der Waals surface area contributed by atoms with Gasteiger partial charge in [-0.1, -0.05) is 0 Å². The molecule has 16 heteroatoms. The van der Waals surface area contributed by atoms with Crippen LogP contribution in [0.4, 0.5) is 33.6 Å². The Bertz CT molecular complexity index is 2120. The van der Waals surface area contributed by atoms with Crippen LogP contribution in [0.5, 0.6) is 11.9 Å². The van der Waals surface area contributed by atoms with Crippen LogP contribution in [0, 0.1) is 24.0 Å². The normalized spacial score (nSPS) is 18.9. The molecule has 0 bridgehead atoms. The minimum absolute atomic E-state index is 0.000771. The minimum Gasteiger partial charge on any atom is -0.475 e. The molecule has 1 aliphatic carbocycles. The van der Waals surface area contributed by atoms with Crippen molar-refractivity contribution < 1.29 is 31.4 Å². The molecule has 0 amide bonds. The number of ether oxygens (including phenoxy) is 2. The van der Waals surface area contributed by atoms with E-state index < -0.39 is 46.7 Å². The van der Waals surface area contributed by atoms with Gasteiger partial charge in [-0.3, -0.25) is 5.10 Å². The number of benzene rings is 1. The number of aryl methyl sites for hydroxylation is 1. The van der Waals surface area contributed by atoms with Crippen molar-refractivity contribution in [2.45, 2.75) is 58.3 Å². The standard InChI is InChI=1S/C27H23F5N8O2.C7H13N/c1-10-5-16-15(8-35-39-16)17(19(10)27(30,31)32)21-20(29)22-18-24(38-26(37-22)41-4)40(11(2)9-42-25(18)36-21)12(3)14-6-13(28)7-34-23(14)33;1-8-5-4-7(6-8)2-3-7/h5-8,11-12H,9H2,1-4H3,(H2,33,34)(H,35,39);2-6H2,1H3/t11-,12?;/m0./s1. The lowest BCUT2D eigenvalue weighted by molar-refractivity contribution is -0.137. The summed E-state index contributed by atoms with van der Waals surface area (Å²) >= 11 is 0. The van der Waals surface area contributed by atoms with E-state index in [0.29, 0.717) is 5.56 Å². The van der Waals surface area contributed by atoms with Crippen LogP contribution in [0.2, 0.25) is 0 Å². The van der Waals surface area contributed by atoms with Crippen molar-refractivity contribution in [3.8, 4) is 23.1 Å². The summed E-state index contributed by atoms with van der Waals surface area (Å²) in [5.41, 5.74) is 4.78. The highest BCUT2D eigenvalue weighted by Gasteiger charge is 2.46. The van der Waals surface area contributed by atoms with E-state index in [1.54, 1.807) is 18.7 Å². The van der Waals surface area contributed by atoms with Crippen LogP contribution in [0.3, 0.4) is 0 Å². The highest BCUT2D eigenvalue weighted by molar-refractivity contribution is 6.02. The molecule has 2 atom stereocenters. The number of nitrogens with one attached hydrogen (secondary N) is 1. The van der Waals surface area contributed by atoms with E-state index in [1.807, 2.05) is 0 Å². The van der Waals surface area contributed by atoms with E-state index in [9.17, 15) is 17.6 Å². The average Bonchev–Trinajstić information content (AvgIpc) is 3.53. The fraction of sp³-hybridized carbons (Fsp3) is 0.441. The van der Waals surface area contributed by atoms with Gasteiger partial charge in [-0.25, -0.2) is 18.7 Å². The van der Waals surface area contributed by atoms with Crippen LogP contribution < -0.4 is 20.1 Å². The maximum absolute atomic E-state index is 16.6. The number of alkyl halides is 3. The fourth-order valence-electron chi connectivity index (χ4n) is 7.24. The maximum atomic E-state index is 16.6. The van der Waals surface area contributed by atoms with E-state index in [1.165, 1.54) is 64.7 Å². The second-order valence-corrected chi connectivity index (χ2v) is 13.5. The summed E-state index contributed by atoms with van der Waals surface area (Å²) in [7, 11) is 3.50. The second kappa shape index (κ2) is 12.2. The molecular formula is C34H36F5N9O2. The van der Waals surface area contributed by atoms with Crippen molar-refractivity contribution >= 4 is 33.4 Å². The molecule has 50 heavy (non-hydrogen) atoms. The van der Waals surface area contributed by atoms with E-state index in [2.05, 4.69) is 42.1 Å². The molecule has 2 aliphatic heterocycles. The largest absolute Gasteiger partial charge is 0.475 e. The Morgan fingerprint density at radius 2 is 1.88 bits per heavy atom. The number of H-pyrrole nitrogens is 1. The predicted octanol–water partition coefficient (Wildman–Crippen LogP) is 6.61. The number of pyridine rings is 2. The zero-order valence-electron chi connectivity index (χ0n) is 28.1. The number of aromatic nitrogens is 6. The van der Waals surface area contributed by atoms with Crippen LogP contribution in [-0.4, -0.2) is 74.9 Å². The summed E-state index contributed by atoms with van der Waals surface area (Å²) in [4.78, 5) is 21.0. The molecule has 1 saturated heterocycles. The lowest BCUT2D eigenvalue weighted by Gasteiger charge is -2.34. The van der Waals surface area contributed by atoms with Crippen molar-refractivity contribution in [3.63, 3.8) is 0 Å². The minimum atomic E-state index is -4.85. The Kier molecular flexibility index (Phi) is 8.19. The average molecular weight is 698 g/mol. The lowest BCUT2D eigenvalue weighted by Crippen LogP contribution is -2.39. The summed E-state index contributed by atoms with van der Waals surface area (Å²) in [5.74, 6) is -1.76. The first-order chi connectivity index (χ1) is 23.7. The molecule has 264 valence electrons. The molecule has 1 aromatic carbocycles. The lowest BCUT2D eigenvalue weighted by atomic mass is 9.94. The van der Waals surface area contributed by atoms with E-state index >= 15 is 4.39 Å². The van der Waals surface area contributed by atoms with Gasteiger partial charge in [0.15, 0.2) is 5.82 Å². The third kappa shape index (κ3) is 5.78. The fourth-order valence-corrected chi connectivity index (χ4v) is 7.24. The summed E-state index contributed by atoms with van der Waals surface area (Å²) < 4.78 is 85.3.